The van der Waals surface area contributed by atoms with Gasteiger partial charge in [0.05, 0.1) is 33.6 Å². The predicted molar refractivity (Wildman–Crippen MR) is 121 cm³/mol. The molecule has 0 saturated carbocycles. The number of anilines is 1. The zero-order valence-corrected chi connectivity index (χ0v) is 17.7. The number of pyridine rings is 1. The van der Waals surface area contributed by atoms with Crippen molar-refractivity contribution in [3.63, 3.8) is 0 Å². The fourth-order valence-corrected chi connectivity index (χ4v) is 4.00. The highest BCUT2D eigenvalue weighted by Crippen LogP contribution is 2.37. The second-order valence-electron chi connectivity index (χ2n) is 7.03. The van der Waals surface area contributed by atoms with Gasteiger partial charge in [-0.15, -0.1) is 0 Å². The van der Waals surface area contributed by atoms with Crippen LogP contribution in [0.25, 0.3) is 33.3 Å². The van der Waals surface area contributed by atoms with E-state index in [4.69, 9.17) is 28.2 Å². The van der Waals surface area contributed by atoms with Crippen LogP contribution >= 0.6 is 23.2 Å². The summed E-state index contributed by atoms with van der Waals surface area (Å²) in [4.78, 5) is 20.5. The lowest BCUT2D eigenvalue weighted by Gasteiger charge is -2.20. The molecule has 2 N–H and O–H groups in total. The summed E-state index contributed by atoms with van der Waals surface area (Å²) in [6.07, 6.45) is 3.02. The number of imidazole rings is 1. The van der Waals surface area contributed by atoms with E-state index in [9.17, 15) is 4.39 Å². The third kappa shape index (κ3) is 3.45. The maximum absolute atomic E-state index is 14.2. The van der Waals surface area contributed by atoms with Crippen LogP contribution in [0, 0.1) is 5.82 Å². The zero-order valence-electron chi connectivity index (χ0n) is 16.2. The van der Waals surface area contributed by atoms with Gasteiger partial charge in [0.2, 0.25) is 0 Å². The molecule has 0 amide bonds. The Kier molecular flexibility index (Phi) is 4.92. The SMILES string of the molecule is C[C@H](Nc1ncnc2[nH]cnc12)c1cc2cccc(Cl)c2nc1-c1cccc(F)c1Cl. The minimum absolute atomic E-state index is 0.00609. The summed E-state index contributed by atoms with van der Waals surface area (Å²) in [5.41, 5.74) is 3.70. The van der Waals surface area contributed by atoms with Crippen molar-refractivity contribution in [2.75, 3.05) is 5.32 Å². The number of para-hydroxylation sites is 1. The van der Waals surface area contributed by atoms with E-state index in [0.717, 1.165) is 10.9 Å². The van der Waals surface area contributed by atoms with Crippen LogP contribution in [0.1, 0.15) is 18.5 Å². The smallest absolute Gasteiger partial charge is 0.162 e. The molecule has 0 aliphatic rings. The summed E-state index contributed by atoms with van der Waals surface area (Å²) in [5, 5.41) is 4.74. The Morgan fingerprint density at radius 3 is 2.74 bits per heavy atom. The first-order valence-electron chi connectivity index (χ1n) is 9.47. The molecule has 0 unspecified atom stereocenters. The third-order valence-corrected chi connectivity index (χ3v) is 5.76. The van der Waals surface area contributed by atoms with Crippen LogP contribution in [-0.2, 0) is 0 Å². The Bertz CT molecular complexity index is 1430. The summed E-state index contributed by atoms with van der Waals surface area (Å²) < 4.78 is 14.2. The number of aromatic nitrogens is 5. The highest BCUT2D eigenvalue weighted by molar-refractivity contribution is 6.35. The highest BCUT2D eigenvalue weighted by atomic mass is 35.5. The van der Waals surface area contributed by atoms with Gasteiger partial charge >= 0.3 is 0 Å². The van der Waals surface area contributed by atoms with Crippen molar-refractivity contribution in [3.05, 3.63) is 76.5 Å². The summed E-state index contributed by atoms with van der Waals surface area (Å²) in [5.74, 6) is 0.0575. The fourth-order valence-electron chi connectivity index (χ4n) is 3.56. The minimum atomic E-state index is -0.513. The molecule has 0 bridgehead atoms. The van der Waals surface area contributed by atoms with Crippen molar-refractivity contribution < 1.29 is 4.39 Å². The molecule has 3 aromatic heterocycles. The van der Waals surface area contributed by atoms with Gasteiger partial charge in [0.15, 0.2) is 11.5 Å². The van der Waals surface area contributed by atoms with Gasteiger partial charge < -0.3 is 10.3 Å². The Labute approximate surface area is 186 Å². The lowest BCUT2D eigenvalue weighted by molar-refractivity contribution is 0.628. The topological polar surface area (TPSA) is 79.4 Å². The highest BCUT2D eigenvalue weighted by Gasteiger charge is 2.20. The molecule has 0 radical (unpaired) electrons. The number of rotatable bonds is 4. The van der Waals surface area contributed by atoms with Gasteiger partial charge in [-0.3, -0.25) is 0 Å². The van der Waals surface area contributed by atoms with E-state index in [1.165, 1.54) is 12.4 Å². The Balaban J connectivity index is 1.69. The fraction of sp³-hybridized carbons (Fsp3) is 0.0909. The average Bonchev–Trinajstić information content (AvgIpc) is 3.25. The summed E-state index contributed by atoms with van der Waals surface area (Å²) in [7, 11) is 0. The van der Waals surface area contributed by atoms with Crippen LogP contribution < -0.4 is 5.32 Å². The van der Waals surface area contributed by atoms with Crippen LogP contribution in [0.4, 0.5) is 10.2 Å². The zero-order chi connectivity index (χ0) is 21.5. The van der Waals surface area contributed by atoms with E-state index in [0.29, 0.717) is 38.8 Å². The number of halogens is 3. The number of H-pyrrole nitrogens is 1. The maximum Gasteiger partial charge on any atom is 0.162 e. The summed E-state index contributed by atoms with van der Waals surface area (Å²) in [6.45, 7) is 1.96. The van der Waals surface area contributed by atoms with E-state index >= 15 is 0 Å². The van der Waals surface area contributed by atoms with Gasteiger partial charge in [-0.1, -0.05) is 47.5 Å². The van der Waals surface area contributed by atoms with Gasteiger partial charge in [0.25, 0.3) is 0 Å². The monoisotopic (exact) mass is 452 g/mol. The number of aromatic amines is 1. The van der Waals surface area contributed by atoms with Gasteiger partial charge in [-0.25, -0.2) is 24.3 Å². The molecule has 5 aromatic rings. The molecule has 154 valence electrons. The van der Waals surface area contributed by atoms with E-state index in [1.54, 1.807) is 24.5 Å². The number of fused-ring (bicyclic) bond motifs is 2. The minimum Gasteiger partial charge on any atom is -0.362 e. The van der Waals surface area contributed by atoms with Gasteiger partial charge in [0, 0.05) is 16.5 Å². The number of hydrogen-bond acceptors (Lipinski definition) is 5. The van der Waals surface area contributed by atoms with E-state index in [1.807, 2.05) is 25.1 Å². The molecule has 0 fully saturated rings. The maximum atomic E-state index is 14.2. The molecule has 2 aromatic carbocycles. The van der Waals surface area contributed by atoms with Gasteiger partial charge in [0.1, 0.15) is 17.7 Å². The average molecular weight is 453 g/mol. The van der Waals surface area contributed by atoms with Crippen molar-refractivity contribution in [3.8, 4) is 11.3 Å². The first-order valence-corrected chi connectivity index (χ1v) is 10.2. The number of benzene rings is 2. The van der Waals surface area contributed by atoms with Crippen molar-refractivity contribution in [2.24, 2.45) is 0 Å². The summed E-state index contributed by atoms with van der Waals surface area (Å²) in [6, 6.07) is 11.9. The van der Waals surface area contributed by atoms with Crippen molar-refractivity contribution in [1.82, 2.24) is 24.9 Å². The molecule has 0 saturated heterocycles. The standard InChI is InChI=1S/C22H15Cl2FN6/c1-11(30-22-20-21(27-9-26-20)28-10-29-22)14-8-12-4-2-6-15(23)18(12)31-19(14)13-5-3-7-16(25)17(13)24/h2-11H,1H3,(H2,26,27,28,29,30)/t11-/m0/s1. The molecule has 0 aliphatic heterocycles. The largest absolute Gasteiger partial charge is 0.362 e. The summed E-state index contributed by atoms with van der Waals surface area (Å²) >= 11 is 12.7. The van der Waals surface area contributed by atoms with E-state index in [-0.39, 0.29) is 11.1 Å². The molecule has 9 heteroatoms. The van der Waals surface area contributed by atoms with Crippen LogP contribution in [0.15, 0.2) is 55.1 Å². The lowest BCUT2D eigenvalue weighted by Crippen LogP contribution is -2.11. The van der Waals surface area contributed by atoms with Crippen molar-refractivity contribution in [1.29, 1.82) is 0 Å². The second-order valence-corrected chi connectivity index (χ2v) is 7.81. The van der Waals surface area contributed by atoms with Gasteiger partial charge in [-0.05, 0) is 25.1 Å². The molecular weight excluding hydrogens is 438 g/mol. The van der Waals surface area contributed by atoms with Crippen LogP contribution in [0.5, 0.6) is 0 Å². The molecule has 0 spiro atoms. The molecular formula is C22H15Cl2FN6. The second kappa shape index (κ2) is 7.76. The molecule has 0 aliphatic carbocycles. The third-order valence-electron chi connectivity index (χ3n) is 5.07. The first kappa shape index (κ1) is 19.7. The van der Waals surface area contributed by atoms with Crippen molar-refractivity contribution in [2.45, 2.75) is 13.0 Å². The number of nitrogens with one attached hydrogen (secondary N) is 2. The van der Waals surface area contributed by atoms with Crippen LogP contribution in [0.2, 0.25) is 10.0 Å². The van der Waals surface area contributed by atoms with E-state index < -0.39 is 5.82 Å². The normalized spacial score (nSPS) is 12.4. The molecule has 6 nitrogen and oxygen atoms in total. The van der Waals surface area contributed by atoms with Gasteiger partial charge in [-0.2, -0.15) is 0 Å². The predicted octanol–water partition coefficient (Wildman–Crippen LogP) is 6.19. The molecule has 1 atom stereocenters. The molecule has 5 rings (SSSR count). The Hall–Kier alpha value is -3.29. The van der Waals surface area contributed by atoms with Crippen molar-refractivity contribution >= 4 is 51.1 Å². The number of nitrogens with zero attached hydrogens (tertiary/aromatic N) is 4. The molecule has 31 heavy (non-hydrogen) atoms. The Morgan fingerprint density at radius 1 is 1.03 bits per heavy atom. The lowest BCUT2D eigenvalue weighted by atomic mass is 9.98. The molecule has 3 heterocycles. The first-order chi connectivity index (χ1) is 15.0. The van der Waals surface area contributed by atoms with Crippen LogP contribution in [0.3, 0.4) is 0 Å². The Morgan fingerprint density at radius 2 is 1.87 bits per heavy atom. The van der Waals surface area contributed by atoms with E-state index in [2.05, 4.69) is 25.3 Å². The quantitative estimate of drug-likeness (QED) is 0.339. The van der Waals surface area contributed by atoms with Crippen LogP contribution in [-0.4, -0.2) is 24.9 Å². The number of hydrogen-bond donors (Lipinski definition) is 2.